The molecule has 0 atom stereocenters. The Bertz CT molecular complexity index is 682. The lowest BCUT2D eigenvalue weighted by atomic mass is 10.3. The largest absolute Gasteiger partial charge is 0.361 e. The number of nitrogens with zero attached hydrogens (tertiary/aromatic N) is 3. The first-order valence-electron chi connectivity index (χ1n) is 6.91. The van der Waals surface area contributed by atoms with Crippen LogP contribution in [0.1, 0.15) is 17.2 Å². The van der Waals surface area contributed by atoms with E-state index < -0.39 is 0 Å². The molecule has 0 aromatic carbocycles. The van der Waals surface area contributed by atoms with Gasteiger partial charge in [-0.15, -0.1) is 11.8 Å². The summed E-state index contributed by atoms with van der Waals surface area (Å²) in [6.07, 6.45) is 0. The van der Waals surface area contributed by atoms with Crippen LogP contribution in [0.25, 0.3) is 0 Å². The van der Waals surface area contributed by atoms with Gasteiger partial charge in [0.15, 0.2) is 5.82 Å². The molecular weight excluding hydrogens is 320 g/mol. The van der Waals surface area contributed by atoms with Crippen LogP contribution in [0.3, 0.4) is 0 Å². The van der Waals surface area contributed by atoms with Gasteiger partial charge in [0, 0.05) is 19.2 Å². The average molecular weight is 338 g/mol. The third-order valence-electron chi connectivity index (χ3n) is 2.86. The molecule has 9 heteroatoms. The van der Waals surface area contributed by atoms with Gasteiger partial charge in [0.1, 0.15) is 17.2 Å². The molecule has 124 valence electrons. The molecule has 1 N–H and O–H groups in total. The van der Waals surface area contributed by atoms with E-state index in [9.17, 15) is 9.59 Å². The predicted molar refractivity (Wildman–Crippen MR) is 84.9 cm³/mol. The number of amides is 2. The maximum absolute atomic E-state index is 12.0. The molecule has 2 rings (SSSR count). The van der Waals surface area contributed by atoms with Gasteiger partial charge in [0.05, 0.1) is 18.1 Å². The van der Waals surface area contributed by atoms with Gasteiger partial charge in [-0.2, -0.15) is 0 Å². The molecule has 0 spiro atoms. The van der Waals surface area contributed by atoms with E-state index in [0.717, 1.165) is 0 Å². The average Bonchev–Trinajstić information content (AvgIpc) is 3.07. The zero-order valence-electron chi connectivity index (χ0n) is 13.2. The molecule has 2 aromatic heterocycles. The Hall–Kier alpha value is -2.29. The lowest BCUT2D eigenvalue weighted by molar-refractivity contribution is -0.127. The van der Waals surface area contributed by atoms with Gasteiger partial charge >= 0.3 is 0 Å². The van der Waals surface area contributed by atoms with E-state index >= 15 is 0 Å². The summed E-state index contributed by atoms with van der Waals surface area (Å²) in [7, 11) is 1.69. The van der Waals surface area contributed by atoms with Gasteiger partial charge in [0.25, 0.3) is 0 Å². The molecule has 2 aromatic rings. The predicted octanol–water partition coefficient (Wildman–Crippen LogP) is 1.61. The molecule has 0 radical (unpaired) electrons. The molecule has 2 heterocycles. The Labute approximate surface area is 137 Å². The summed E-state index contributed by atoms with van der Waals surface area (Å²) in [4.78, 5) is 25.2. The Balaban J connectivity index is 1.68. The molecule has 0 saturated heterocycles. The number of nitrogens with one attached hydrogen (secondary N) is 1. The van der Waals surface area contributed by atoms with Crippen LogP contribution < -0.4 is 5.32 Å². The molecule has 0 bridgehead atoms. The standard InChI is InChI=1S/C14H18N4O4S/c1-9-4-11(16-21-9)6-18(3)14(20)8-23-7-13(19)15-12-5-10(2)22-17-12/h4-5H,6-8H2,1-3H3,(H,15,17,19). The Morgan fingerprint density at radius 2 is 1.87 bits per heavy atom. The summed E-state index contributed by atoms with van der Waals surface area (Å²) >= 11 is 1.23. The highest BCUT2D eigenvalue weighted by molar-refractivity contribution is 8.00. The summed E-state index contributed by atoms with van der Waals surface area (Å²) in [5.74, 6) is 1.75. The van der Waals surface area contributed by atoms with Gasteiger partial charge < -0.3 is 19.3 Å². The third-order valence-corrected chi connectivity index (χ3v) is 3.77. The van der Waals surface area contributed by atoms with Crippen molar-refractivity contribution in [2.45, 2.75) is 20.4 Å². The minimum Gasteiger partial charge on any atom is -0.361 e. The minimum atomic E-state index is -0.231. The van der Waals surface area contributed by atoms with Crippen molar-refractivity contribution in [3.05, 3.63) is 29.3 Å². The monoisotopic (exact) mass is 338 g/mol. The molecule has 0 aliphatic carbocycles. The number of hydrogen-bond acceptors (Lipinski definition) is 7. The maximum atomic E-state index is 12.0. The van der Waals surface area contributed by atoms with E-state index in [4.69, 9.17) is 9.05 Å². The molecule has 23 heavy (non-hydrogen) atoms. The molecule has 2 amide bonds. The van der Waals surface area contributed by atoms with Crippen LogP contribution in [0.5, 0.6) is 0 Å². The first-order chi connectivity index (χ1) is 10.9. The van der Waals surface area contributed by atoms with Crippen molar-refractivity contribution in [2.75, 3.05) is 23.9 Å². The van der Waals surface area contributed by atoms with E-state index in [0.29, 0.717) is 29.6 Å². The Morgan fingerprint density at radius 3 is 2.48 bits per heavy atom. The lowest BCUT2D eigenvalue weighted by Gasteiger charge is -2.15. The number of thioether (sulfide) groups is 1. The van der Waals surface area contributed by atoms with Crippen LogP contribution in [0.2, 0.25) is 0 Å². The molecule has 0 unspecified atom stereocenters. The first kappa shape index (κ1) is 17.1. The van der Waals surface area contributed by atoms with Gasteiger partial charge in [-0.1, -0.05) is 10.3 Å². The highest BCUT2D eigenvalue weighted by Gasteiger charge is 2.13. The van der Waals surface area contributed by atoms with Crippen molar-refractivity contribution in [3.63, 3.8) is 0 Å². The van der Waals surface area contributed by atoms with Crippen LogP contribution in [-0.4, -0.2) is 45.6 Å². The van der Waals surface area contributed by atoms with Gasteiger partial charge in [-0.05, 0) is 13.8 Å². The van der Waals surface area contributed by atoms with Crippen LogP contribution >= 0.6 is 11.8 Å². The second kappa shape index (κ2) is 7.82. The minimum absolute atomic E-state index is 0.0827. The van der Waals surface area contributed by atoms with E-state index in [1.54, 1.807) is 37.9 Å². The van der Waals surface area contributed by atoms with Gasteiger partial charge in [0.2, 0.25) is 11.8 Å². The van der Waals surface area contributed by atoms with E-state index in [1.807, 2.05) is 0 Å². The summed E-state index contributed by atoms with van der Waals surface area (Å²) in [6, 6.07) is 3.41. The Morgan fingerprint density at radius 1 is 1.17 bits per heavy atom. The fraction of sp³-hybridized carbons (Fsp3) is 0.429. The molecule has 8 nitrogen and oxygen atoms in total. The van der Waals surface area contributed by atoms with Crippen LogP contribution in [0.4, 0.5) is 5.82 Å². The quantitative estimate of drug-likeness (QED) is 0.818. The number of carbonyl (C=O) groups excluding carboxylic acids is 2. The zero-order chi connectivity index (χ0) is 16.8. The zero-order valence-corrected chi connectivity index (χ0v) is 14.0. The fourth-order valence-corrected chi connectivity index (χ4v) is 2.52. The van der Waals surface area contributed by atoms with E-state index in [-0.39, 0.29) is 23.3 Å². The number of anilines is 1. The molecule has 0 aliphatic rings. The number of carbonyl (C=O) groups is 2. The number of hydrogen-bond donors (Lipinski definition) is 1. The van der Waals surface area contributed by atoms with Crippen LogP contribution in [-0.2, 0) is 16.1 Å². The number of aryl methyl sites for hydroxylation is 2. The second-order valence-electron chi connectivity index (χ2n) is 5.04. The normalized spacial score (nSPS) is 10.6. The first-order valence-corrected chi connectivity index (χ1v) is 8.06. The maximum Gasteiger partial charge on any atom is 0.235 e. The number of rotatable bonds is 7. The topological polar surface area (TPSA) is 101 Å². The summed E-state index contributed by atoms with van der Waals surface area (Å²) in [5, 5.41) is 10.1. The molecular formula is C14H18N4O4S. The van der Waals surface area contributed by atoms with Crippen molar-refractivity contribution in [3.8, 4) is 0 Å². The number of aromatic nitrogens is 2. The van der Waals surface area contributed by atoms with Crippen molar-refractivity contribution in [2.24, 2.45) is 0 Å². The third kappa shape index (κ3) is 5.44. The molecule has 0 saturated carbocycles. The van der Waals surface area contributed by atoms with E-state index in [1.165, 1.54) is 11.8 Å². The van der Waals surface area contributed by atoms with Crippen LogP contribution in [0.15, 0.2) is 21.2 Å². The highest BCUT2D eigenvalue weighted by Crippen LogP contribution is 2.10. The smallest absolute Gasteiger partial charge is 0.235 e. The fourth-order valence-electron chi connectivity index (χ4n) is 1.77. The summed E-state index contributed by atoms with van der Waals surface area (Å²) in [5.41, 5.74) is 0.697. The SMILES string of the molecule is Cc1cc(CN(C)C(=O)CSCC(=O)Nc2cc(C)on2)no1. The van der Waals surface area contributed by atoms with Crippen molar-refractivity contribution >= 4 is 29.4 Å². The van der Waals surface area contributed by atoms with Crippen molar-refractivity contribution < 1.29 is 18.6 Å². The highest BCUT2D eigenvalue weighted by atomic mass is 32.2. The summed E-state index contributed by atoms with van der Waals surface area (Å²) < 4.78 is 9.81. The van der Waals surface area contributed by atoms with Crippen molar-refractivity contribution in [1.29, 1.82) is 0 Å². The van der Waals surface area contributed by atoms with Crippen molar-refractivity contribution in [1.82, 2.24) is 15.2 Å². The second-order valence-corrected chi connectivity index (χ2v) is 6.03. The van der Waals surface area contributed by atoms with Crippen LogP contribution in [0, 0.1) is 13.8 Å². The molecule has 0 fully saturated rings. The van der Waals surface area contributed by atoms with Gasteiger partial charge in [-0.3, -0.25) is 9.59 Å². The van der Waals surface area contributed by atoms with E-state index in [2.05, 4.69) is 15.6 Å². The molecule has 0 aliphatic heterocycles. The summed E-state index contributed by atoms with van der Waals surface area (Å²) in [6.45, 7) is 3.91. The van der Waals surface area contributed by atoms with Gasteiger partial charge in [-0.25, -0.2) is 0 Å². The lowest BCUT2D eigenvalue weighted by Crippen LogP contribution is -2.28. The Kier molecular flexibility index (Phi) is 5.80.